The predicted molar refractivity (Wildman–Crippen MR) is 130 cm³/mol. The van der Waals surface area contributed by atoms with E-state index in [2.05, 4.69) is 5.32 Å². The average molecular weight is 473 g/mol. The maximum Gasteiger partial charge on any atom is 0.411 e. The van der Waals surface area contributed by atoms with Gasteiger partial charge < -0.3 is 14.8 Å². The van der Waals surface area contributed by atoms with Gasteiger partial charge in [0.1, 0.15) is 18.7 Å². The highest BCUT2D eigenvalue weighted by atomic mass is 16.6. The molecule has 1 aliphatic rings. The molecule has 0 saturated heterocycles. The third kappa shape index (κ3) is 6.06. The van der Waals surface area contributed by atoms with E-state index in [4.69, 9.17) is 9.47 Å². The van der Waals surface area contributed by atoms with Crippen molar-refractivity contribution >= 4 is 18.0 Å². The van der Waals surface area contributed by atoms with Crippen molar-refractivity contribution < 1.29 is 23.9 Å². The third-order valence-electron chi connectivity index (χ3n) is 6.08. The molecule has 0 radical (unpaired) electrons. The molecule has 2 atom stereocenters. The number of benzene rings is 3. The van der Waals surface area contributed by atoms with Crippen molar-refractivity contribution in [2.24, 2.45) is 0 Å². The minimum absolute atomic E-state index is 0.102. The number of methoxy groups -OCH3 is 1. The van der Waals surface area contributed by atoms with E-state index >= 15 is 0 Å². The highest BCUT2D eigenvalue weighted by Crippen LogP contribution is 2.25. The van der Waals surface area contributed by atoms with Gasteiger partial charge in [0, 0.05) is 12.8 Å². The zero-order valence-electron chi connectivity index (χ0n) is 19.6. The molecule has 2 amide bonds. The lowest BCUT2D eigenvalue weighted by atomic mass is 9.93. The van der Waals surface area contributed by atoms with Crippen molar-refractivity contribution in [3.8, 4) is 0 Å². The Morgan fingerprint density at radius 3 is 2.14 bits per heavy atom. The van der Waals surface area contributed by atoms with E-state index < -0.39 is 30.1 Å². The minimum atomic E-state index is -0.880. The lowest BCUT2D eigenvalue weighted by Crippen LogP contribution is -2.56. The van der Waals surface area contributed by atoms with Gasteiger partial charge in [-0.05, 0) is 22.3 Å². The average Bonchev–Trinajstić information content (AvgIpc) is 2.91. The lowest BCUT2D eigenvalue weighted by molar-refractivity contribution is -0.145. The Hall–Kier alpha value is -4.13. The van der Waals surface area contributed by atoms with Gasteiger partial charge in [-0.2, -0.15) is 0 Å². The molecule has 7 heteroatoms. The second-order valence-corrected chi connectivity index (χ2v) is 8.43. The summed E-state index contributed by atoms with van der Waals surface area (Å²) >= 11 is 0. The molecule has 0 bridgehead atoms. The van der Waals surface area contributed by atoms with Gasteiger partial charge in [-0.15, -0.1) is 0 Å². The molecule has 3 aromatic carbocycles. The van der Waals surface area contributed by atoms with Crippen molar-refractivity contribution in [3.05, 3.63) is 107 Å². The number of fused-ring (bicyclic) bond motifs is 1. The van der Waals surface area contributed by atoms with Crippen LogP contribution in [-0.4, -0.2) is 42.1 Å². The molecule has 0 aromatic heterocycles. The first kappa shape index (κ1) is 24.0. The molecule has 1 N–H and O–H groups in total. The Bertz CT molecular complexity index is 1170. The first-order valence-electron chi connectivity index (χ1n) is 11.5. The summed E-state index contributed by atoms with van der Waals surface area (Å²) in [6.07, 6.45) is 0.0177. The molecule has 3 aromatic rings. The SMILES string of the molecule is COC(=O)[C@H](Cc1ccccc1)NC(=O)[C@@H]1Cc2ccccc2CN1C(=O)OCc1ccccc1. The van der Waals surface area contributed by atoms with Gasteiger partial charge in [-0.1, -0.05) is 84.9 Å². The highest BCUT2D eigenvalue weighted by molar-refractivity contribution is 5.90. The van der Waals surface area contributed by atoms with E-state index in [-0.39, 0.29) is 19.6 Å². The van der Waals surface area contributed by atoms with Crippen molar-refractivity contribution in [2.45, 2.75) is 38.1 Å². The first-order valence-corrected chi connectivity index (χ1v) is 11.5. The zero-order chi connectivity index (χ0) is 24.6. The van der Waals surface area contributed by atoms with Crippen LogP contribution in [0.1, 0.15) is 22.3 Å². The van der Waals surface area contributed by atoms with Crippen LogP contribution in [0.3, 0.4) is 0 Å². The summed E-state index contributed by atoms with van der Waals surface area (Å²) in [6.45, 7) is 0.342. The number of carbonyl (C=O) groups excluding carboxylic acids is 3. The first-order chi connectivity index (χ1) is 17.0. The Kier molecular flexibility index (Phi) is 7.77. The van der Waals surface area contributed by atoms with Gasteiger partial charge >= 0.3 is 12.1 Å². The number of ether oxygens (including phenoxy) is 2. The van der Waals surface area contributed by atoms with Gasteiger partial charge in [0.25, 0.3) is 0 Å². The van der Waals surface area contributed by atoms with Gasteiger partial charge in [0.15, 0.2) is 0 Å². The highest BCUT2D eigenvalue weighted by Gasteiger charge is 2.37. The van der Waals surface area contributed by atoms with Gasteiger partial charge in [-0.25, -0.2) is 9.59 Å². The predicted octanol–water partition coefficient (Wildman–Crippen LogP) is 3.65. The zero-order valence-corrected chi connectivity index (χ0v) is 19.6. The van der Waals surface area contributed by atoms with Crippen LogP contribution < -0.4 is 5.32 Å². The summed E-state index contributed by atoms with van der Waals surface area (Å²) in [7, 11) is 1.29. The molecule has 0 aliphatic carbocycles. The van der Waals surface area contributed by atoms with Crippen LogP contribution in [0.4, 0.5) is 4.79 Å². The van der Waals surface area contributed by atoms with E-state index in [1.54, 1.807) is 0 Å². The van der Waals surface area contributed by atoms with E-state index in [1.165, 1.54) is 12.0 Å². The Labute approximate surface area is 204 Å². The molecule has 0 saturated carbocycles. The maximum atomic E-state index is 13.4. The molecule has 35 heavy (non-hydrogen) atoms. The summed E-state index contributed by atoms with van der Waals surface area (Å²) in [4.78, 5) is 40.4. The van der Waals surface area contributed by atoms with Crippen LogP contribution in [0.15, 0.2) is 84.9 Å². The molecule has 0 unspecified atom stereocenters. The molecular weight excluding hydrogens is 444 g/mol. The number of hydrogen-bond acceptors (Lipinski definition) is 5. The molecule has 1 aliphatic heterocycles. The van der Waals surface area contributed by atoms with Crippen LogP contribution in [-0.2, 0) is 45.1 Å². The summed E-state index contributed by atoms with van der Waals surface area (Å²) in [5.41, 5.74) is 3.68. The fourth-order valence-electron chi connectivity index (χ4n) is 4.20. The number of amides is 2. The van der Waals surface area contributed by atoms with Crippen molar-refractivity contribution in [3.63, 3.8) is 0 Å². The number of carbonyl (C=O) groups is 3. The monoisotopic (exact) mass is 472 g/mol. The van der Waals surface area contributed by atoms with Crippen molar-refractivity contribution in [1.82, 2.24) is 10.2 Å². The van der Waals surface area contributed by atoms with E-state index in [9.17, 15) is 14.4 Å². The van der Waals surface area contributed by atoms with E-state index in [0.29, 0.717) is 6.42 Å². The Balaban J connectivity index is 1.52. The standard InChI is InChI=1S/C28H28N2O5/c1-34-27(32)24(16-20-10-4-2-5-11-20)29-26(31)25-17-22-14-8-9-15-23(22)18-30(25)28(33)35-19-21-12-6-3-7-13-21/h2-15,24-25H,16-19H2,1H3,(H,29,31)/t24-,25-/m0/s1. The second-order valence-electron chi connectivity index (χ2n) is 8.43. The summed E-state index contributed by atoms with van der Waals surface area (Å²) in [5.74, 6) is -0.973. The topological polar surface area (TPSA) is 84.9 Å². The number of nitrogens with zero attached hydrogens (tertiary/aromatic N) is 1. The second kappa shape index (κ2) is 11.3. The van der Waals surface area contributed by atoms with Gasteiger partial charge in [0.2, 0.25) is 5.91 Å². The van der Waals surface area contributed by atoms with Crippen molar-refractivity contribution in [2.75, 3.05) is 7.11 Å². The van der Waals surface area contributed by atoms with E-state index in [0.717, 1.165) is 22.3 Å². The van der Waals surface area contributed by atoms with Crippen LogP contribution in [0, 0.1) is 0 Å². The quantitative estimate of drug-likeness (QED) is 0.531. The smallest absolute Gasteiger partial charge is 0.411 e. The maximum absolute atomic E-state index is 13.4. The normalized spacial score (nSPS) is 15.5. The minimum Gasteiger partial charge on any atom is -0.467 e. The Morgan fingerprint density at radius 2 is 1.49 bits per heavy atom. The molecule has 1 heterocycles. The van der Waals surface area contributed by atoms with Crippen LogP contribution in [0.5, 0.6) is 0 Å². The van der Waals surface area contributed by atoms with E-state index in [1.807, 2.05) is 84.9 Å². The summed E-state index contributed by atoms with van der Waals surface area (Å²) < 4.78 is 10.5. The molecule has 0 fully saturated rings. The van der Waals surface area contributed by atoms with Crippen molar-refractivity contribution in [1.29, 1.82) is 0 Å². The van der Waals surface area contributed by atoms with Crippen LogP contribution in [0.25, 0.3) is 0 Å². The number of esters is 1. The van der Waals surface area contributed by atoms with Crippen LogP contribution in [0.2, 0.25) is 0 Å². The Morgan fingerprint density at radius 1 is 0.886 bits per heavy atom. The lowest BCUT2D eigenvalue weighted by Gasteiger charge is -2.35. The summed E-state index contributed by atoms with van der Waals surface area (Å²) in [6, 6.07) is 24.7. The molecule has 0 spiro atoms. The van der Waals surface area contributed by atoms with Gasteiger partial charge in [0.05, 0.1) is 13.7 Å². The fraction of sp³-hybridized carbons (Fsp3) is 0.250. The number of hydrogen-bond donors (Lipinski definition) is 1. The summed E-state index contributed by atoms with van der Waals surface area (Å²) in [5, 5.41) is 2.81. The molecule has 180 valence electrons. The van der Waals surface area contributed by atoms with Crippen LogP contribution >= 0.6 is 0 Å². The largest absolute Gasteiger partial charge is 0.467 e. The number of rotatable bonds is 7. The molecule has 7 nitrogen and oxygen atoms in total. The third-order valence-corrected chi connectivity index (χ3v) is 6.08. The number of nitrogens with one attached hydrogen (secondary N) is 1. The fourth-order valence-corrected chi connectivity index (χ4v) is 4.20. The molecular formula is C28H28N2O5. The van der Waals surface area contributed by atoms with Gasteiger partial charge in [-0.3, -0.25) is 9.69 Å². The molecule has 4 rings (SSSR count).